The van der Waals surface area contributed by atoms with E-state index in [1.165, 1.54) is 0 Å². The van der Waals surface area contributed by atoms with E-state index in [-0.39, 0.29) is 11.9 Å². The molecule has 5 nitrogen and oxygen atoms in total. The Morgan fingerprint density at radius 3 is 2.76 bits per heavy atom. The van der Waals surface area contributed by atoms with Gasteiger partial charge < -0.3 is 15.4 Å². The number of fused-ring (bicyclic) bond motifs is 1. The zero-order chi connectivity index (χ0) is 15.4. The van der Waals surface area contributed by atoms with E-state index in [0.717, 1.165) is 11.3 Å². The van der Waals surface area contributed by atoms with Crippen LogP contribution in [0.3, 0.4) is 0 Å². The molecule has 1 heterocycles. The van der Waals surface area contributed by atoms with Crippen molar-refractivity contribution in [3.8, 4) is 0 Å². The van der Waals surface area contributed by atoms with Crippen molar-refractivity contribution in [3.05, 3.63) is 29.8 Å². The summed E-state index contributed by atoms with van der Waals surface area (Å²) in [4.78, 5) is 14.3. The number of rotatable bonds is 4. The fourth-order valence-electron chi connectivity index (χ4n) is 2.55. The van der Waals surface area contributed by atoms with Crippen LogP contribution in [0.1, 0.15) is 32.8 Å². The molecule has 0 radical (unpaired) electrons. The molecule has 5 heteroatoms. The first-order valence-corrected chi connectivity index (χ1v) is 7.39. The van der Waals surface area contributed by atoms with Crippen molar-refractivity contribution in [1.29, 1.82) is 0 Å². The number of carbonyl (C=O) groups is 1. The van der Waals surface area contributed by atoms with E-state index >= 15 is 0 Å². The average molecular weight is 289 g/mol. The molecule has 114 valence electrons. The van der Waals surface area contributed by atoms with Gasteiger partial charge >= 0.3 is 0 Å². The van der Waals surface area contributed by atoms with Crippen molar-refractivity contribution < 1.29 is 10.0 Å². The Hall–Kier alpha value is -2.04. The number of amides is 1. The molecule has 0 bridgehead atoms. The molecule has 1 aromatic carbocycles. The third-order valence-electron chi connectivity index (χ3n) is 3.77. The quantitative estimate of drug-likeness (QED) is 0.660. The van der Waals surface area contributed by atoms with Crippen LogP contribution < -0.4 is 10.2 Å². The van der Waals surface area contributed by atoms with Gasteiger partial charge in [-0.15, -0.1) is 0 Å². The lowest BCUT2D eigenvalue weighted by atomic mass is 9.98. The number of hydrogen-bond acceptors (Lipinski definition) is 4. The molecule has 0 spiro atoms. The van der Waals surface area contributed by atoms with E-state index in [4.69, 9.17) is 5.21 Å². The van der Waals surface area contributed by atoms with Crippen molar-refractivity contribution in [2.24, 2.45) is 11.1 Å². The van der Waals surface area contributed by atoms with Gasteiger partial charge in [0.25, 0.3) is 0 Å². The van der Waals surface area contributed by atoms with Crippen molar-refractivity contribution in [3.63, 3.8) is 0 Å². The van der Waals surface area contributed by atoms with Crippen LogP contribution in [0.5, 0.6) is 0 Å². The first kappa shape index (κ1) is 15.4. The molecule has 0 fully saturated rings. The second-order valence-electron chi connectivity index (χ2n) is 5.82. The van der Waals surface area contributed by atoms with Gasteiger partial charge in [-0.3, -0.25) is 4.79 Å². The van der Waals surface area contributed by atoms with E-state index in [1.54, 1.807) is 0 Å². The first-order valence-electron chi connectivity index (χ1n) is 7.39. The molecule has 2 rings (SSSR count). The molecule has 1 aromatic rings. The van der Waals surface area contributed by atoms with Crippen molar-refractivity contribution >= 4 is 17.3 Å². The van der Waals surface area contributed by atoms with Crippen LogP contribution in [0.4, 0.5) is 5.69 Å². The highest BCUT2D eigenvalue weighted by Gasteiger charge is 2.28. The minimum absolute atomic E-state index is 0.0305. The molecule has 2 N–H and O–H groups in total. The third-order valence-corrected chi connectivity index (χ3v) is 3.77. The number of para-hydroxylation sites is 1. The second-order valence-corrected chi connectivity index (χ2v) is 5.82. The van der Waals surface area contributed by atoms with Crippen LogP contribution >= 0.6 is 0 Å². The molecule has 1 aliphatic rings. The maximum atomic E-state index is 12.3. The minimum atomic E-state index is -0.245. The average Bonchev–Trinajstić information content (AvgIpc) is 2.50. The molecule has 0 saturated heterocycles. The van der Waals surface area contributed by atoms with Crippen LogP contribution in [0.2, 0.25) is 0 Å². The largest absolute Gasteiger partial charge is 0.411 e. The Bertz CT molecular complexity index is 540. The number of anilines is 1. The third kappa shape index (κ3) is 3.35. The van der Waals surface area contributed by atoms with Gasteiger partial charge in [0, 0.05) is 30.8 Å². The van der Waals surface area contributed by atoms with Gasteiger partial charge in [0.1, 0.15) is 6.04 Å². The number of nitrogens with one attached hydrogen (secondary N) is 1. The molecule has 0 aromatic heterocycles. The lowest BCUT2D eigenvalue weighted by molar-refractivity contribution is -0.122. The predicted octanol–water partition coefficient (Wildman–Crippen LogP) is 2.24. The molecular weight excluding hydrogens is 266 g/mol. The topological polar surface area (TPSA) is 64.9 Å². The van der Waals surface area contributed by atoms with E-state index in [1.807, 2.05) is 31.2 Å². The lowest BCUT2D eigenvalue weighted by Gasteiger charge is -2.35. The number of carbonyl (C=O) groups excluding carboxylic acids is 1. The molecule has 1 atom stereocenters. The summed E-state index contributed by atoms with van der Waals surface area (Å²) in [6.07, 6.45) is 0.634. The predicted molar refractivity (Wildman–Crippen MR) is 84.0 cm³/mol. The highest BCUT2D eigenvalue weighted by Crippen LogP contribution is 2.28. The highest BCUT2D eigenvalue weighted by atomic mass is 16.4. The molecule has 1 aliphatic heterocycles. The normalized spacial score (nSPS) is 17.7. The lowest BCUT2D eigenvalue weighted by Crippen LogP contribution is -2.48. The Kier molecular flexibility index (Phi) is 4.83. The Morgan fingerprint density at radius 2 is 2.10 bits per heavy atom. The highest BCUT2D eigenvalue weighted by molar-refractivity contribution is 6.07. The number of oxime groups is 1. The van der Waals surface area contributed by atoms with Crippen LogP contribution in [-0.2, 0) is 4.79 Å². The summed E-state index contributed by atoms with van der Waals surface area (Å²) < 4.78 is 0. The minimum Gasteiger partial charge on any atom is -0.411 e. The molecular formula is C16H23N3O2. The zero-order valence-electron chi connectivity index (χ0n) is 12.8. The smallest absolute Gasteiger partial charge is 0.242 e. The van der Waals surface area contributed by atoms with Gasteiger partial charge in [-0.2, -0.15) is 0 Å². The Morgan fingerprint density at radius 1 is 1.38 bits per heavy atom. The van der Waals surface area contributed by atoms with Gasteiger partial charge in [-0.25, -0.2) is 0 Å². The fraction of sp³-hybridized carbons (Fsp3) is 0.500. The van der Waals surface area contributed by atoms with E-state index < -0.39 is 0 Å². The van der Waals surface area contributed by atoms with E-state index in [9.17, 15) is 4.79 Å². The van der Waals surface area contributed by atoms with Crippen molar-refractivity contribution in [2.75, 3.05) is 18.0 Å². The molecule has 0 saturated carbocycles. The van der Waals surface area contributed by atoms with Crippen molar-refractivity contribution in [1.82, 2.24) is 5.32 Å². The van der Waals surface area contributed by atoms with Gasteiger partial charge in [0.2, 0.25) is 5.91 Å². The van der Waals surface area contributed by atoms with Gasteiger partial charge in [0.05, 0.1) is 5.71 Å². The monoisotopic (exact) mass is 289 g/mol. The summed E-state index contributed by atoms with van der Waals surface area (Å²) in [7, 11) is 0. The summed E-state index contributed by atoms with van der Waals surface area (Å²) in [6.45, 7) is 7.42. The zero-order valence-corrected chi connectivity index (χ0v) is 12.8. The van der Waals surface area contributed by atoms with Crippen LogP contribution in [0.25, 0.3) is 0 Å². The first-order chi connectivity index (χ1) is 10.0. The van der Waals surface area contributed by atoms with Gasteiger partial charge in [-0.1, -0.05) is 37.2 Å². The van der Waals surface area contributed by atoms with Crippen LogP contribution in [0, 0.1) is 5.92 Å². The Labute approximate surface area is 125 Å². The molecule has 0 aliphatic carbocycles. The van der Waals surface area contributed by atoms with Crippen molar-refractivity contribution in [2.45, 2.75) is 33.2 Å². The van der Waals surface area contributed by atoms with E-state index in [0.29, 0.717) is 31.1 Å². The Balaban J connectivity index is 2.19. The van der Waals surface area contributed by atoms with Crippen LogP contribution in [0.15, 0.2) is 29.4 Å². The fourth-order valence-corrected chi connectivity index (χ4v) is 2.55. The SMILES string of the molecule is CC(C)CNC(=O)C(C)N1CCC(=NO)c2ccccc21. The van der Waals surface area contributed by atoms with Crippen LogP contribution in [-0.4, -0.2) is 36.0 Å². The number of benzene rings is 1. The number of nitrogens with zero attached hydrogens (tertiary/aromatic N) is 2. The standard InChI is InChI=1S/C16H23N3O2/c1-11(2)10-17-16(20)12(3)19-9-8-14(18-21)13-6-4-5-7-15(13)19/h4-7,11-12,21H,8-10H2,1-3H3,(H,17,20). The molecule has 1 amide bonds. The second kappa shape index (κ2) is 6.61. The van der Waals surface area contributed by atoms with Gasteiger partial charge in [-0.05, 0) is 18.9 Å². The molecule has 21 heavy (non-hydrogen) atoms. The summed E-state index contributed by atoms with van der Waals surface area (Å²) in [5.41, 5.74) is 2.52. The molecule has 1 unspecified atom stereocenters. The van der Waals surface area contributed by atoms with Gasteiger partial charge in [0.15, 0.2) is 0 Å². The maximum absolute atomic E-state index is 12.3. The summed E-state index contributed by atoms with van der Waals surface area (Å²) in [5, 5.41) is 15.5. The summed E-state index contributed by atoms with van der Waals surface area (Å²) in [6, 6.07) is 7.49. The maximum Gasteiger partial charge on any atom is 0.242 e. The number of hydrogen-bond donors (Lipinski definition) is 2. The summed E-state index contributed by atoms with van der Waals surface area (Å²) >= 11 is 0. The summed E-state index contributed by atoms with van der Waals surface area (Å²) in [5.74, 6) is 0.464. The van der Waals surface area contributed by atoms with E-state index in [2.05, 4.69) is 29.2 Å².